The first-order valence-electron chi connectivity index (χ1n) is 8.56. The predicted molar refractivity (Wildman–Crippen MR) is 104 cm³/mol. The van der Waals surface area contributed by atoms with Crippen molar-refractivity contribution in [3.8, 4) is 11.5 Å². The average Bonchev–Trinajstić information content (AvgIpc) is 2.63. The maximum Gasteiger partial charge on any atom is 0.335 e. The standard InChI is InChI=1S/C21H20N2O5/c1-12-8-13(2)10-15(9-12)23-20(25)16(19(24)22-21(23)26)11-14-6-5-7-17(27-3)18(14)28-4/h5-11H,1-4H3,(H,22,24,26). The summed E-state index contributed by atoms with van der Waals surface area (Å²) in [7, 11) is 2.96. The molecule has 4 amide bonds. The summed E-state index contributed by atoms with van der Waals surface area (Å²) < 4.78 is 10.6. The van der Waals surface area contributed by atoms with Crippen LogP contribution < -0.4 is 19.7 Å². The zero-order chi connectivity index (χ0) is 20.4. The van der Waals surface area contributed by atoms with E-state index in [1.165, 1.54) is 20.3 Å². The molecule has 1 fully saturated rings. The minimum absolute atomic E-state index is 0.176. The third-order valence-corrected chi connectivity index (χ3v) is 4.30. The normalized spacial score (nSPS) is 15.6. The highest BCUT2D eigenvalue weighted by Crippen LogP contribution is 2.33. The summed E-state index contributed by atoms with van der Waals surface area (Å²) >= 11 is 0. The smallest absolute Gasteiger partial charge is 0.335 e. The van der Waals surface area contributed by atoms with Crippen LogP contribution in [-0.4, -0.2) is 32.1 Å². The van der Waals surface area contributed by atoms with Crippen LogP contribution in [0.15, 0.2) is 42.0 Å². The number of amides is 4. The highest BCUT2D eigenvalue weighted by Gasteiger charge is 2.37. The van der Waals surface area contributed by atoms with Gasteiger partial charge >= 0.3 is 6.03 Å². The summed E-state index contributed by atoms with van der Waals surface area (Å²) in [5.41, 5.74) is 2.50. The molecule has 0 aliphatic carbocycles. The molecule has 2 aromatic rings. The Kier molecular flexibility index (Phi) is 5.17. The Hall–Kier alpha value is -3.61. The maximum atomic E-state index is 13.0. The van der Waals surface area contributed by atoms with Gasteiger partial charge in [-0.25, -0.2) is 9.69 Å². The van der Waals surface area contributed by atoms with Gasteiger partial charge in [-0.1, -0.05) is 18.2 Å². The van der Waals surface area contributed by atoms with Gasteiger partial charge in [-0.05, 0) is 49.2 Å². The number of methoxy groups -OCH3 is 2. The summed E-state index contributed by atoms with van der Waals surface area (Å²) in [5, 5.41) is 2.22. The number of nitrogens with one attached hydrogen (secondary N) is 1. The van der Waals surface area contributed by atoms with E-state index < -0.39 is 17.8 Å². The first-order valence-corrected chi connectivity index (χ1v) is 8.56. The molecule has 2 aromatic carbocycles. The monoisotopic (exact) mass is 380 g/mol. The fraction of sp³-hybridized carbons (Fsp3) is 0.190. The van der Waals surface area contributed by atoms with E-state index in [0.717, 1.165) is 16.0 Å². The third kappa shape index (κ3) is 3.46. The minimum Gasteiger partial charge on any atom is -0.493 e. The Balaban J connectivity index is 2.09. The van der Waals surface area contributed by atoms with Gasteiger partial charge in [0.15, 0.2) is 11.5 Å². The van der Waals surface area contributed by atoms with Crippen LogP contribution in [0.25, 0.3) is 6.08 Å². The summed E-state index contributed by atoms with van der Waals surface area (Å²) in [6.07, 6.45) is 1.39. The molecule has 1 saturated heterocycles. The number of hydrogen-bond acceptors (Lipinski definition) is 5. The molecule has 3 rings (SSSR count). The molecule has 0 bridgehead atoms. The van der Waals surface area contributed by atoms with E-state index >= 15 is 0 Å². The van der Waals surface area contributed by atoms with Crippen LogP contribution in [0.4, 0.5) is 10.5 Å². The van der Waals surface area contributed by atoms with E-state index in [4.69, 9.17) is 9.47 Å². The van der Waals surface area contributed by atoms with Crippen LogP contribution in [0.5, 0.6) is 11.5 Å². The predicted octanol–water partition coefficient (Wildman–Crippen LogP) is 2.99. The van der Waals surface area contributed by atoms with E-state index in [2.05, 4.69) is 5.32 Å². The summed E-state index contributed by atoms with van der Waals surface area (Å²) in [5.74, 6) is -0.625. The van der Waals surface area contributed by atoms with Gasteiger partial charge in [0.1, 0.15) is 5.57 Å². The molecule has 1 N–H and O–H groups in total. The number of carbonyl (C=O) groups excluding carboxylic acids is 3. The van der Waals surface area contributed by atoms with Gasteiger partial charge in [0.25, 0.3) is 11.8 Å². The van der Waals surface area contributed by atoms with Gasteiger partial charge in [0.2, 0.25) is 0 Å². The largest absolute Gasteiger partial charge is 0.493 e. The Morgan fingerprint density at radius 3 is 2.25 bits per heavy atom. The van der Waals surface area contributed by atoms with Gasteiger partial charge in [-0.3, -0.25) is 14.9 Å². The number of para-hydroxylation sites is 1. The quantitative estimate of drug-likeness (QED) is 0.651. The van der Waals surface area contributed by atoms with Gasteiger partial charge in [-0.15, -0.1) is 0 Å². The van der Waals surface area contributed by atoms with E-state index in [-0.39, 0.29) is 5.57 Å². The van der Waals surface area contributed by atoms with Crippen molar-refractivity contribution in [3.63, 3.8) is 0 Å². The Bertz CT molecular complexity index is 990. The fourth-order valence-corrected chi connectivity index (χ4v) is 3.15. The first-order chi connectivity index (χ1) is 13.3. The van der Waals surface area contributed by atoms with Crippen molar-refractivity contribution in [1.82, 2.24) is 5.32 Å². The van der Waals surface area contributed by atoms with Crippen molar-refractivity contribution in [2.75, 3.05) is 19.1 Å². The molecule has 0 saturated carbocycles. The number of aryl methyl sites for hydroxylation is 2. The number of hydrogen-bond donors (Lipinski definition) is 1. The number of anilines is 1. The van der Waals surface area contributed by atoms with Crippen LogP contribution in [-0.2, 0) is 9.59 Å². The lowest BCUT2D eigenvalue weighted by Gasteiger charge is -2.27. The van der Waals surface area contributed by atoms with Gasteiger partial charge in [0, 0.05) is 5.56 Å². The number of imide groups is 2. The van der Waals surface area contributed by atoms with Gasteiger partial charge in [0.05, 0.1) is 19.9 Å². The molecule has 1 heterocycles. The molecular weight excluding hydrogens is 360 g/mol. The summed E-state index contributed by atoms with van der Waals surface area (Å²) in [4.78, 5) is 38.7. The molecule has 0 atom stereocenters. The molecular formula is C21H20N2O5. The number of rotatable bonds is 4. The molecule has 1 aliphatic rings. The number of carbonyl (C=O) groups is 3. The molecule has 1 aliphatic heterocycles. The van der Waals surface area contributed by atoms with Crippen molar-refractivity contribution in [3.05, 3.63) is 58.7 Å². The van der Waals surface area contributed by atoms with E-state index in [1.807, 2.05) is 19.9 Å². The fourth-order valence-electron chi connectivity index (χ4n) is 3.15. The number of ether oxygens (including phenoxy) is 2. The molecule has 7 heteroatoms. The molecule has 0 aromatic heterocycles. The van der Waals surface area contributed by atoms with Crippen LogP contribution in [0, 0.1) is 13.8 Å². The topological polar surface area (TPSA) is 84.9 Å². The van der Waals surface area contributed by atoms with Crippen molar-refractivity contribution >= 4 is 29.6 Å². The van der Waals surface area contributed by atoms with Gasteiger partial charge < -0.3 is 9.47 Å². The highest BCUT2D eigenvalue weighted by molar-refractivity contribution is 6.39. The zero-order valence-electron chi connectivity index (χ0n) is 16.0. The second-order valence-electron chi connectivity index (χ2n) is 6.39. The minimum atomic E-state index is -0.783. The molecule has 28 heavy (non-hydrogen) atoms. The van der Waals surface area contributed by atoms with E-state index in [0.29, 0.717) is 22.7 Å². The lowest BCUT2D eigenvalue weighted by molar-refractivity contribution is -0.122. The van der Waals surface area contributed by atoms with Crippen molar-refractivity contribution in [1.29, 1.82) is 0 Å². The number of urea groups is 1. The maximum absolute atomic E-state index is 13.0. The number of barbiturate groups is 1. The van der Waals surface area contributed by atoms with Crippen LogP contribution in [0.2, 0.25) is 0 Å². The molecule has 0 spiro atoms. The lowest BCUT2D eigenvalue weighted by Crippen LogP contribution is -2.54. The number of benzene rings is 2. The van der Waals surface area contributed by atoms with E-state index in [1.54, 1.807) is 30.3 Å². The second kappa shape index (κ2) is 7.56. The SMILES string of the molecule is COc1cccc(C=C2C(=O)NC(=O)N(c3cc(C)cc(C)c3)C2=O)c1OC. The summed E-state index contributed by atoms with van der Waals surface area (Å²) in [6.45, 7) is 3.73. The van der Waals surface area contributed by atoms with Gasteiger partial charge in [-0.2, -0.15) is 0 Å². The lowest BCUT2D eigenvalue weighted by atomic mass is 10.0. The highest BCUT2D eigenvalue weighted by atomic mass is 16.5. The van der Waals surface area contributed by atoms with Crippen LogP contribution in [0.1, 0.15) is 16.7 Å². The molecule has 0 unspecified atom stereocenters. The zero-order valence-corrected chi connectivity index (χ0v) is 16.0. The molecule has 7 nitrogen and oxygen atoms in total. The average molecular weight is 380 g/mol. The van der Waals surface area contributed by atoms with Crippen molar-refractivity contribution in [2.24, 2.45) is 0 Å². The van der Waals surface area contributed by atoms with Crippen molar-refractivity contribution in [2.45, 2.75) is 13.8 Å². The Morgan fingerprint density at radius 1 is 0.964 bits per heavy atom. The Labute approximate surface area is 162 Å². The summed E-state index contributed by atoms with van der Waals surface area (Å²) in [6, 6.07) is 9.68. The van der Waals surface area contributed by atoms with Crippen molar-refractivity contribution < 1.29 is 23.9 Å². The first kappa shape index (κ1) is 19.2. The second-order valence-corrected chi connectivity index (χ2v) is 6.39. The van der Waals surface area contributed by atoms with E-state index in [9.17, 15) is 14.4 Å². The Morgan fingerprint density at radius 2 is 1.64 bits per heavy atom. The van der Waals surface area contributed by atoms with Crippen LogP contribution >= 0.6 is 0 Å². The third-order valence-electron chi connectivity index (χ3n) is 4.30. The molecule has 0 radical (unpaired) electrons. The number of nitrogens with zero attached hydrogens (tertiary/aromatic N) is 1. The molecule has 144 valence electrons. The van der Waals surface area contributed by atoms with Crippen LogP contribution in [0.3, 0.4) is 0 Å².